The molecule has 0 aliphatic carbocycles. The molecule has 0 fully saturated rings. The normalized spacial score (nSPS) is 11.6. The molecule has 2 nitrogen and oxygen atoms in total. The zero-order valence-electron chi connectivity index (χ0n) is 10.6. The molecule has 0 saturated carbocycles. The van der Waals surface area contributed by atoms with Crippen LogP contribution in [0.15, 0.2) is 18.5 Å². The van der Waals surface area contributed by atoms with Crippen molar-refractivity contribution in [2.75, 3.05) is 0 Å². The summed E-state index contributed by atoms with van der Waals surface area (Å²) >= 11 is 0. The summed E-state index contributed by atoms with van der Waals surface area (Å²) in [5.74, 6) is 0. The van der Waals surface area contributed by atoms with E-state index in [9.17, 15) is 0 Å². The van der Waals surface area contributed by atoms with Crippen molar-refractivity contribution in [2.45, 2.75) is 46.6 Å². The van der Waals surface area contributed by atoms with E-state index in [-0.39, 0.29) is 0 Å². The number of aromatic nitrogens is 2. The molecule has 1 aromatic heterocycles. The number of imidazole rings is 1. The second-order valence-electron chi connectivity index (χ2n) is 4.55. The van der Waals surface area contributed by atoms with Gasteiger partial charge in [0.05, 0.1) is 17.4 Å². The van der Waals surface area contributed by atoms with Crippen LogP contribution in [0.2, 0.25) is 0 Å². The fourth-order valence-corrected chi connectivity index (χ4v) is 2.26. The Balaban J connectivity index is 2.59. The van der Waals surface area contributed by atoms with E-state index >= 15 is 0 Å². The van der Waals surface area contributed by atoms with E-state index in [1.807, 2.05) is 6.33 Å². The Labute approximate surface area is 97.3 Å². The maximum absolute atomic E-state index is 4.50. The molecule has 0 bridgehead atoms. The van der Waals surface area contributed by atoms with Crippen molar-refractivity contribution in [3.8, 4) is 0 Å². The van der Waals surface area contributed by atoms with E-state index in [1.165, 1.54) is 16.6 Å². The van der Waals surface area contributed by atoms with Crippen molar-refractivity contribution in [1.82, 2.24) is 9.55 Å². The van der Waals surface area contributed by atoms with Gasteiger partial charge < -0.3 is 4.57 Å². The lowest BCUT2D eigenvalue weighted by Gasteiger charge is -2.15. The Kier molecular flexibility index (Phi) is 2.99. The Morgan fingerprint density at radius 3 is 2.38 bits per heavy atom. The summed E-state index contributed by atoms with van der Waals surface area (Å²) in [6.45, 7) is 8.78. The summed E-state index contributed by atoms with van der Waals surface area (Å²) in [6.07, 6.45) is 4.31. The van der Waals surface area contributed by atoms with Crippen LogP contribution in [-0.2, 0) is 0 Å². The Hall–Kier alpha value is -1.31. The van der Waals surface area contributed by atoms with Crippen LogP contribution >= 0.6 is 0 Å². The largest absolute Gasteiger partial charge is 0.327 e. The highest BCUT2D eigenvalue weighted by molar-refractivity contribution is 5.77. The van der Waals surface area contributed by atoms with Crippen LogP contribution in [0.5, 0.6) is 0 Å². The van der Waals surface area contributed by atoms with Crippen molar-refractivity contribution in [2.24, 2.45) is 0 Å². The first-order valence-electron chi connectivity index (χ1n) is 6.11. The van der Waals surface area contributed by atoms with Crippen LogP contribution in [0.4, 0.5) is 0 Å². The molecule has 1 aromatic carbocycles. The number of hydrogen-bond donors (Lipinski definition) is 0. The third-order valence-corrected chi connectivity index (χ3v) is 3.53. The molecule has 16 heavy (non-hydrogen) atoms. The highest BCUT2D eigenvalue weighted by atomic mass is 15.1. The van der Waals surface area contributed by atoms with Gasteiger partial charge in [-0.2, -0.15) is 0 Å². The van der Waals surface area contributed by atoms with E-state index in [1.54, 1.807) is 0 Å². The summed E-state index contributed by atoms with van der Waals surface area (Å²) in [5, 5.41) is 0. The van der Waals surface area contributed by atoms with Crippen LogP contribution in [0.3, 0.4) is 0 Å². The number of fused-ring (bicyclic) bond motifs is 1. The average Bonchev–Trinajstić information content (AvgIpc) is 2.65. The van der Waals surface area contributed by atoms with Crippen LogP contribution in [0.25, 0.3) is 11.0 Å². The Morgan fingerprint density at radius 1 is 1.12 bits per heavy atom. The van der Waals surface area contributed by atoms with Gasteiger partial charge in [0.2, 0.25) is 0 Å². The van der Waals surface area contributed by atoms with Gasteiger partial charge in [0, 0.05) is 6.04 Å². The lowest BCUT2D eigenvalue weighted by atomic mass is 10.1. The van der Waals surface area contributed by atoms with Crippen LogP contribution < -0.4 is 0 Å². The third kappa shape index (κ3) is 1.73. The van der Waals surface area contributed by atoms with Gasteiger partial charge in [0.25, 0.3) is 0 Å². The van der Waals surface area contributed by atoms with E-state index in [2.05, 4.69) is 49.4 Å². The van der Waals surface area contributed by atoms with E-state index in [0.29, 0.717) is 6.04 Å². The number of nitrogens with zero attached hydrogens (tertiary/aromatic N) is 2. The van der Waals surface area contributed by atoms with Gasteiger partial charge in [-0.25, -0.2) is 4.98 Å². The molecule has 2 rings (SSSR count). The lowest BCUT2D eigenvalue weighted by Crippen LogP contribution is -2.05. The first-order valence-corrected chi connectivity index (χ1v) is 6.11. The van der Waals surface area contributed by atoms with Crippen molar-refractivity contribution in [1.29, 1.82) is 0 Å². The third-order valence-electron chi connectivity index (χ3n) is 3.53. The van der Waals surface area contributed by atoms with Crippen LogP contribution in [-0.4, -0.2) is 9.55 Å². The predicted octanol–water partition coefficient (Wildman–Crippen LogP) is 4.01. The summed E-state index contributed by atoms with van der Waals surface area (Å²) in [5.41, 5.74) is 5.06. The molecular weight excluding hydrogens is 196 g/mol. The summed E-state index contributed by atoms with van der Waals surface area (Å²) in [6, 6.07) is 5.02. The number of benzene rings is 1. The first-order chi connectivity index (χ1) is 7.67. The van der Waals surface area contributed by atoms with E-state index < -0.39 is 0 Å². The fourth-order valence-electron chi connectivity index (χ4n) is 2.26. The highest BCUT2D eigenvalue weighted by Gasteiger charge is 2.11. The van der Waals surface area contributed by atoms with Gasteiger partial charge in [0.15, 0.2) is 0 Å². The molecule has 0 amide bonds. The van der Waals surface area contributed by atoms with E-state index in [4.69, 9.17) is 0 Å². The number of hydrogen-bond acceptors (Lipinski definition) is 1. The highest BCUT2D eigenvalue weighted by Crippen LogP contribution is 2.24. The predicted molar refractivity (Wildman–Crippen MR) is 68.8 cm³/mol. The molecule has 0 saturated heterocycles. The van der Waals surface area contributed by atoms with Gasteiger partial charge >= 0.3 is 0 Å². The average molecular weight is 216 g/mol. The molecule has 0 aliphatic rings. The quantitative estimate of drug-likeness (QED) is 0.758. The SMILES string of the molecule is CCC(CC)n1cnc2cc(C)c(C)cc21. The molecule has 0 aliphatic heterocycles. The molecule has 1 heterocycles. The maximum atomic E-state index is 4.50. The molecule has 0 N–H and O–H groups in total. The van der Waals surface area contributed by atoms with Gasteiger partial charge in [-0.3, -0.25) is 0 Å². The molecule has 2 heteroatoms. The van der Waals surface area contributed by atoms with Gasteiger partial charge in [-0.15, -0.1) is 0 Å². The lowest BCUT2D eigenvalue weighted by molar-refractivity contribution is 0.483. The van der Waals surface area contributed by atoms with Crippen molar-refractivity contribution < 1.29 is 0 Å². The second-order valence-corrected chi connectivity index (χ2v) is 4.55. The van der Waals surface area contributed by atoms with E-state index in [0.717, 1.165) is 18.4 Å². The fraction of sp³-hybridized carbons (Fsp3) is 0.500. The van der Waals surface area contributed by atoms with Crippen LogP contribution in [0.1, 0.15) is 43.9 Å². The molecule has 2 aromatic rings. The zero-order valence-corrected chi connectivity index (χ0v) is 10.6. The van der Waals surface area contributed by atoms with Crippen molar-refractivity contribution >= 4 is 11.0 Å². The summed E-state index contributed by atoms with van der Waals surface area (Å²) in [4.78, 5) is 4.50. The van der Waals surface area contributed by atoms with Gasteiger partial charge in [0.1, 0.15) is 0 Å². The molecule has 0 spiro atoms. The van der Waals surface area contributed by atoms with Crippen molar-refractivity contribution in [3.05, 3.63) is 29.6 Å². The topological polar surface area (TPSA) is 17.8 Å². The summed E-state index contributed by atoms with van der Waals surface area (Å²) < 4.78 is 2.32. The van der Waals surface area contributed by atoms with Crippen molar-refractivity contribution in [3.63, 3.8) is 0 Å². The number of aryl methyl sites for hydroxylation is 2. The second kappa shape index (κ2) is 4.28. The zero-order chi connectivity index (χ0) is 11.7. The molecule has 0 unspecified atom stereocenters. The molecule has 0 radical (unpaired) electrons. The minimum Gasteiger partial charge on any atom is -0.327 e. The summed E-state index contributed by atoms with van der Waals surface area (Å²) in [7, 11) is 0. The monoisotopic (exact) mass is 216 g/mol. The minimum absolute atomic E-state index is 0.576. The number of rotatable bonds is 3. The Morgan fingerprint density at radius 2 is 1.75 bits per heavy atom. The minimum atomic E-state index is 0.576. The molecular formula is C14H20N2. The molecule has 0 atom stereocenters. The Bertz CT molecular complexity index is 493. The van der Waals surface area contributed by atoms with Gasteiger partial charge in [-0.05, 0) is 49.9 Å². The smallest absolute Gasteiger partial charge is 0.0960 e. The maximum Gasteiger partial charge on any atom is 0.0960 e. The van der Waals surface area contributed by atoms with Crippen LogP contribution in [0, 0.1) is 13.8 Å². The standard InChI is InChI=1S/C14H20N2/c1-5-12(6-2)16-9-15-13-7-10(3)11(4)8-14(13)16/h7-9,12H,5-6H2,1-4H3. The molecule has 86 valence electrons. The van der Waals surface area contributed by atoms with Gasteiger partial charge in [-0.1, -0.05) is 13.8 Å². The first kappa shape index (κ1) is 11.2.